The zero-order chi connectivity index (χ0) is 24.1. The van der Waals surface area contributed by atoms with E-state index in [1.54, 1.807) is 0 Å². The van der Waals surface area contributed by atoms with Crippen LogP contribution in [0, 0.1) is 0 Å². The smallest absolute Gasteiger partial charge is 0.144 e. The molecule has 0 N–H and O–H groups in total. The Balaban J connectivity index is 1.66. The summed E-state index contributed by atoms with van der Waals surface area (Å²) in [5.74, 6) is 0. The minimum atomic E-state index is 0.904. The van der Waals surface area contributed by atoms with Gasteiger partial charge in [-0.1, -0.05) is 80.1 Å². The summed E-state index contributed by atoms with van der Waals surface area (Å²) in [7, 11) is 0. The van der Waals surface area contributed by atoms with Crippen molar-refractivity contribution in [1.82, 2.24) is 4.98 Å². The molecule has 3 nitrogen and oxygen atoms in total. The maximum atomic E-state index is 6.67. The molecule has 0 aliphatic carbocycles. The number of benzene rings is 4. The van der Waals surface area contributed by atoms with Crippen LogP contribution in [-0.4, -0.2) is 4.98 Å². The molecule has 0 aliphatic rings. The van der Waals surface area contributed by atoms with Gasteiger partial charge in [-0.05, 0) is 42.7 Å². The summed E-state index contributed by atoms with van der Waals surface area (Å²) in [6.45, 7) is 2.23. The molecule has 0 unspecified atom stereocenters. The summed E-state index contributed by atoms with van der Waals surface area (Å²) < 4.78 is 13.3. The summed E-state index contributed by atoms with van der Waals surface area (Å²) in [5, 5.41) is 4.53. The molecule has 0 radical (unpaired) electrons. The van der Waals surface area contributed by atoms with Gasteiger partial charge in [0.2, 0.25) is 0 Å². The van der Waals surface area contributed by atoms with Gasteiger partial charge in [0.1, 0.15) is 22.3 Å². The lowest BCUT2D eigenvalue weighted by atomic mass is 9.91. The number of furan rings is 2. The van der Waals surface area contributed by atoms with Crippen LogP contribution in [0.15, 0.2) is 106 Å². The molecule has 0 spiro atoms. The fourth-order valence-electron chi connectivity index (χ4n) is 5.47. The molecular weight excluding hydrogens is 442 g/mol. The molecule has 7 rings (SSSR count). The van der Waals surface area contributed by atoms with E-state index in [0.717, 1.165) is 80.1 Å². The number of pyridine rings is 1. The lowest BCUT2D eigenvalue weighted by Crippen LogP contribution is -1.92. The zero-order valence-corrected chi connectivity index (χ0v) is 20.1. The van der Waals surface area contributed by atoms with E-state index in [0.29, 0.717) is 0 Å². The predicted molar refractivity (Wildman–Crippen MR) is 148 cm³/mol. The topological polar surface area (TPSA) is 39.2 Å². The third-order valence-corrected chi connectivity index (χ3v) is 7.14. The molecule has 0 fully saturated rings. The van der Waals surface area contributed by atoms with E-state index >= 15 is 0 Å². The number of hydrogen-bond donors (Lipinski definition) is 0. The normalized spacial score (nSPS) is 11.8. The molecule has 3 heterocycles. The molecule has 3 heteroatoms. The summed E-state index contributed by atoms with van der Waals surface area (Å²) >= 11 is 0. The fraction of sp³-hybridized carbons (Fsp3) is 0.121. The van der Waals surface area contributed by atoms with Gasteiger partial charge in [-0.25, -0.2) is 0 Å². The van der Waals surface area contributed by atoms with Crippen LogP contribution in [0.25, 0.3) is 66.3 Å². The van der Waals surface area contributed by atoms with Gasteiger partial charge in [-0.3, -0.25) is 4.98 Å². The molecule has 3 aromatic heterocycles. The molecule has 0 bridgehead atoms. The Bertz CT molecular complexity index is 1870. The molecule has 0 amide bonds. The van der Waals surface area contributed by atoms with E-state index in [1.165, 1.54) is 10.9 Å². The van der Waals surface area contributed by atoms with Gasteiger partial charge in [0, 0.05) is 44.4 Å². The van der Waals surface area contributed by atoms with Crippen molar-refractivity contribution in [3.8, 4) is 22.4 Å². The average Bonchev–Trinajstić information content (AvgIpc) is 3.51. The van der Waals surface area contributed by atoms with Crippen LogP contribution >= 0.6 is 0 Å². The predicted octanol–water partition coefficient (Wildman–Crippen LogP) is 9.56. The van der Waals surface area contributed by atoms with E-state index < -0.39 is 0 Å². The lowest BCUT2D eigenvalue weighted by Gasteiger charge is -2.11. The van der Waals surface area contributed by atoms with Crippen molar-refractivity contribution < 1.29 is 8.83 Å². The standard InChI is InChI=1S/C33H25NO2/c1-2-3-13-25-30-23-14-7-9-16-27(23)36-33(30)29(31-24-15-8-10-17-28(24)35-32(25)31)22-18-19-34-26(20-22)21-11-5-4-6-12-21/h4-12,14-20H,2-3,13H2,1H3. The van der Waals surface area contributed by atoms with Crippen molar-refractivity contribution in [1.29, 1.82) is 0 Å². The monoisotopic (exact) mass is 467 g/mol. The maximum Gasteiger partial charge on any atom is 0.144 e. The highest BCUT2D eigenvalue weighted by atomic mass is 16.3. The molecule has 174 valence electrons. The third-order valence-electron chi connectivity index (χ3n) is 7.14. The number of hydrogen-bond acceptors (Lipinski definition) is 3. The van der Waals surface area contributed by atoms with Gasteiger partial charge in [-0.15, -0.1) is 0 Å². The molecule has 4 aromatic carbocycles. The van der Waals surface area contributed by atoms with Crippen molar-refractivity contribution in [3.05, 3.63) is 103 Å². The molecule has 0 atom stereocenters. The summed E-state index contributed by atoms with van der Waals surface area (Å²) in [6, 6.07) is 31.3. The van der Waals surface area contributed by atoms with Crippen molar-refractivity contribution in [2.75, 3.05) is 0 Å². The van der Waals surface area contributed by atoms with Crippen LogP contribution in [0.3, 0.4) is 0 Å². The van der Waals surface area contributed by atoms with Crippen molar-refractivity contribution >= 4 is 43.9 Å². The van der Waals surface area contributed by atoms with Gasteiger partial charge in [-0.2, -0.15) is 0 Å². The van der Waals surface area contributed by atoms with E-state index in [4.69, 9.17) is 13.8 Å². The fourth-order valence-corrected chi connectivity index (χ4v) is 5.47. The van der Waals surface area contributed by atoms with Gasteiger partial charge in [0.15, 0.2) is 0 Å². The first-order valence-electron chi connectivity index (χ1n) is 12.6. The number of nitrogens with zero attached hydrogens (tertiary/aromatic N) is 1. The number of para-hydroxylation sites is 2. The summed E-state index contributed by atoms with van der Waals surface area (Å²) in [6.07, 6.45) is 5.04. The van der Waals surface area contributed by atoms with Gasteiger partial charge < -0.3 is 8.83 Å². The zero-order valence-electron chi connectivity index (χ0n) is 20.1. The first-order valence-corrected chi connectivity index (χ1v) is 12.6. The highest BCUT2D eigenvalue weighted by molar-refractivity contribution is 6.25. The van der Waals surface area contributed by atoms with E-state index in [1.807, 2.05) is 36.5 Å². The number of aromatic nitrogens is 1. The molecule has 0 saturated carbocycles. The maximum absolute atomic E-state index is 6.67. The van der Waals surface area contributed by atoms with Crippen LogP contribution in [0.1, 0.15) is 25.3 Å². The lowest BCUT2D eigenvalue weighted by molar-refractivity contribution is 0.656. The Kier molecular flexibility index (Phi) is 4.88. The Morgan fingerprint density at radius 2 is 1.33 bits per heavy atom. The Labute approximate surface area is 209 Å². The molecular formula is C33H25NO2. The van der Waals surface area contributed by atoms with Gasteiger partial charge >= 0.3 is 0 Å². The van der Waals surface area contributed by atoms with E-state index in [2.05, 4.69) is 67.6 Å². The van der Waals surface area contributed by atoms with Gasteiger partial charge in [0.25, 0.3) is 0 Å². The van der Waals surface area contributed by atoms with E-state index in [-0.39, 0.29) is 0 Å². The molecule has 0 saturated heterocycles. The summed E-state index contributed by atoms with van der Waals surface area (Å²) in [5.41, 5.74) is 9.11. The average molecular weight is 468 g/mol. The Morgan fingerprint density at radius 1 is 0.667 bits per heavy atom. The van der Waals surface area contributed by atoms with Gasteiger partial charge in [0.05, 0.1) is 5.69 Å². The second kappa shape index (κ2) is 8.39. The van der Waals surface area contributed by atoms with Crippen molar-refractivity contribution in [2.45, 2.75) is 26.2 Å². The minimum Gasteiger partial charge on any atom is -0.456 e. The Hall–Kier alpha value is -4.37. The highest BCUT2D eigenvalue weighted by Crippen LogP contribution is 2.47. The highest BCUT2D eigenvalue weighted by Gasteiger charge is 2.25. The Morgan fingerprint density at radius 3 is 2.08 bits per heavy atom. The largest absolute Gasteiger partial charge is 0.456 e. The SMILES string of the molecule is CCCCc1c2oc3ccccc3c2c(-c2ccnc(-c3ccccc3)c2)c2oc3ccccc3c12. The first kappa shape index (κ1) is 21.0. The van der Waals surface area contributed by atoms with Crippen molar-refractivity contribution in [3.63, 3.8) is 0 Å². The first-order chi connectivity index (χ1) is 17.8. The third kappa shape index (κ3) is 3.16. The van der Waals surface area contributed by atoms with Crippen LogP contribution in [0.4, 0.5) is 0 Å². The minimum absolute atomic E-state index is 0.904. The molecule has 0 aliphatic heterocycles. The second-order valence-electron chi connectivity index (χ2n) is 9.36. The number of rotatable bonds is 5. The molecule has 7 aromatic rings. The number of unbranched alkanes of at least 4 members (excludes halogenated alkanes) is 1. The summed E-state index contributed by atoms with van der Waals surface area (Å²) in [4.78, 5) is 4.69. The second-order valence-corrected chi connectivity index (χ2v) is 9.36. The van der Waals surface area contributed by atoms with Crippen LogP contribution < -0.4 is 0 Å². The number of fused-ring (bicyclic) bond motifs is 6. The number of aryl methyl sites for hydroxylation is 1. The molecule has 36 heavy (non-hydrogen) atoms. The quantitative estimate of drug-likeness (QED) is 0.253. The van der Waals surface area contributed by atoms with Crippen LogP contribution in [-0.2, 0) is 6.42 Å². The van der Waals surface area contributed by atoms with E-state index in [9.17, 15) is 0 Å². The van der Waals surface area contributed by atoms with Crippen LogP contribution in [0.2, 0.25) is 0 Å². The van der Waals surface area contributed by atoms with Crippen LogP contribution in [0.5, 0.6) is 0 Å². The van der Waals surface area contributed by atoms with Crippen molar-refractivity contribution in [2.24, 2.45) is 0 Å².